The van der Waals surface area contributed by atoms with Crippen LogP contribution in [0.1, 0.15) is 19.1 Å². The van der Waals surface area contributed by atoms with Crippen LogP contribution in [0.25, 0.3) is 11.0 Å². The lowest BCUT2D eigenvalue weighted by molar-refractivity contribution is 0.537. The van der Waals surface area contributed by atoms with Crippen molar-refractivity contribution in [1.82, 2.24) is 0 Å². The second kappa shape index (κ2) is 4.05. The lowest BCUT2D eigenvalue weighted by Crippen LogP contribution is -1.92. The summed E-state index contributed by atoms with van der Waals surface area (Å²) in [5, 5.41) is 1.38. The first-order valence-corrected chi connectivity index (χ1v) is 5.31. The van der Waals surface area contributed by atoms with Gasteiger partial charge in [-0.2, -0.15) is 0 Å². The minimum atomic E-state index is 0.211. The van der Waals surface area contributed by atoms with E-state index in [1.54, 1.807) is 0 Å². The van der Waals surface area contributed by atoms with E-state index < -0.39 is 0 Å². The molecule has 0 fully saturated rings. The standard InChI is InChI=1S/C12H13ClO/c1-9(13)6-7-11-8-10-4-2-3-5-12(10)14-11/h2-5,8-9H,6-7H2,1H3. The van der Waals surface area contributed by atoms with Gasteiger partial charge in [0, 0.05) is 17.2 Å². The van der Waals surface area contributed by atoms with Crippen molar-refractivity contribution in [1.29, 1.82) is 0 Å². The highest BCUT2D eigenvalue weighted by atomic mass is 35.5. The molecule has 1 nitrogen and oxygen atoms in total. The fourth-order valence-electron chi connectivity index (χ4n) is 1.50. The number of rotatable bonds is 3. The molecule has 0 amide bonds. The maximum atomic E-state index is 5.88. The molecule has 0 aliphatic rings. The minimum absolute atomic E-state index is 0.211. The van der Waals surface area contributed by atoms with Crippen LogP contribution in [-0.2, 0) is 6.42 Å². The van der Waals surface area contributed by atoms with Gasteiger partial charge in [-0.3, -0.25) is 0 Å². The third-order valence-electron chi connectivity index (χ3n) is 2.27. The first-order chi connectivity index (χ1) is 6.75. The second-order valence-electron chi connectivity index (χ2n) is 3.57. The Kier molecular flexibility index (Phi) is 2.78. The summed E-state index contributed by atoms with van der Waals surface area (Å²) in [5.74, 6) is 1.03. The third kappa shape index (κ3) is 2.10. The Morgan fingerprint density at radius 3 is 2.86 bits per heavy atom. The summed E-state index contributed by atoms with van der Waals surface area (Å²) in [4.78, 5) is 0. The van der Waals surface area contributed by atoms with Gasteiger partial charge in [0.25, 0.3) is 0 Å². The van der Waals surface area contributed by atoms with E-state index in [0.717, 1.165) is 24.2 Å². The molecule has 0 saturated heterocycles. The molecule has 14 heavy (non-hydrogen) atoms. The van der Waals surface area contributed by atoms with Gasteiger partial charge in [-0.25, -0.2) is 0 Å². The summed E-state index contributed by atoms with van der Waals surface area (Å²) < 4.78 is 5.66. The van der Waals surface area contributed by atoms with Crippen molar-refractivity contribution in [3.8, 4) is 0 Å². The molecule has 2 rings (SSSR count). The Bertz CT molecular complexity index is 384. The van der Waals surface area contributed by atoms with Crippen molar-refractivity contribution < 1.29 is 4.42 Å². The highest BCUT2D eigenvalue weighted by molar-refractivity contribution is 6.20. The predicted molar refractivity (Wildman–Crippen MR) is 59.9 cm³/mol. The van der Waals surface area contributed by atoms with Crippen LogP contribution in [0.15, 0.2) is 34.7 Å². The van der Waals surface area contributed by atoms with Crippen LogP contribution in [0.4, 0.5) is 0 Å². The van der Waals surface area contributed by atoms with E-state index in [0.29, 0.717) is 0 Å². The summed E-state index contributed by atoms with van der Waals surface area (Å²) in [6.07, 6.45) is 1.88. The predicted octanol–water partition coefficient (Wildman–Crippen LogP) is 3.99. The van der Waals surface area contributed by atoms with Gasteiger partial charge in [0.15, 0.2) is 0 Å². The highest BCUT2D eigenvalue weighted by Gasteiger charge is 2.04. The van der Waals surface area contributed by atoms with Crippen molar-refractivity contribution in [3.63, 3.8) is 0 Å². The van der Waals surface area contributed by atoms with Gasteiger partial charge in [0.1, 0.15) is 11.3 Å². The van der Waals surface area contributed by atoms with Gasteiger partial charge < -0.3 is 4.42 Å². The van der Waals surface area contributed by atoms with E-state index in [9.17, 15) is 0 Å². The van der Waals surface area contributed by atoms with Gasteiger partial charge in [0.05, 0.1) is 0 Å². The quantitative estimate of drug-likeness (QED) is 0.696. The lowest BCUT2D eigenvalue weighted by Gasteiger charge is -1.98. The molecule has 0 radical (unpaired) electrons. The zero-order valence-electron chi connectivity index (χ0n) is 8.16. The Balaban J connectivity index is 2.19. The number of hydrogen-bond donors (Lipinski definition) is 0. The Morgan fingerprint density at radius 2 is 2.14 bits per heavy atom. The van der Waals surface area contributed by atoms with Crippen LogP contribution in [0.2, 0.25) is 0 Å². The van der Waals surface area contributed by atoms with E-state index in [1.807, 2.05) is 25.1 Å². The van der Waals surface area contributed by atoms with Gasteiger partial charge >= 0.3 is 0 Å². The summed E-state index contributed by atoms with van der Waals surface area (Å²) >= 11 is 5.88. The number of aryl methyl sites for hydroxylation is 1. The van der Waals surface area contributed by atoms with Gasteiger partial charge in [-0.1, -0.05) is 18.2 Å². The summed E-state index contributed by atoms with van der Waals surface area (Å²) in [5.41, 5.74) is 0.963. The van der Waals surface area contributed by atoms with Gasteiger partial charge in [0.2, 0.25) is 0 Å². The van der Waals surface area contributed by atoms with Crippen molar-refractivity contribution >= 4 is 22.6 Å². The number of hydrogen-bond acceptors (Lipinski definition) is 1. The van der Waals surface area contributed by atoms with Crippen LogP contribution in [0, 0.1) is 0 Å². The largest absolute Gasteiger partial charge is 0.461 e. The van der Waals surface area contributed by atoms with Gasteiger partial charge in [-0.15, -0.1) is 11.6 Å². The zero-order valence-corrected chi connectivity index (χ0v) is 8.92. The SMILES string of the molecule is CC(Cl)CCc1cc2ccccc2o1. The summed E-state index contributed by atoms with van der Waals surface area (Å²) in [7, 11) is 0. The number of para-hydroxylation sites is 1. The average Bonchev–Trinajstić information content (AvgIpc) is 2.57. The first-order valence-electron chi connectivity index (χ1n) is 4.87. The Labute approximate surface area is 88.7 Å². The number of alkyl halides is 1. The maximum absolute atomic E-state index is 5.88. The molecule has 2 aromatic rings. The molecule has 1 heterocycles. The molecule has 1 atom stereocenters. The molecule has 74 valence electrons. The topological polar surface area (TPSA) is 13.1 Å². The fourth-order valence-corrected chi connectivity index (χ4v) is 1.61. The molecule has 0 spiro atoms. The maximum Gasteiger partial charge on any atom is 0.134 e. The summed E-state index contributed by atoms with van der Waals surface area (Å²) in [6.45, 7) is 2.00. The molecular weight excluding hydrogens is 196 g/mol. The molecule has 0 aliphatic carbocycles. The average molecular weight is 209 g/mol. The zero-order chi connectivity index (χ0) is 9.97. The molecule has 0 N–H and O–H groups in total. The van der Waals surface area contributed by atoms with Crippen molar-refractivity contribution in [3.05, 3.63) is 36.1 Å². The van der Waals surface area contributed by atoms with Crippen LogP contribution in [0.5, 0.6) is 0 Å². The number of fused-ring (bicyclic) bond motifs is 1. The van der Waals surface area contributed by atoms with Crippen LogP contribution >= 0.6 is 11.6 Å². The number of benzene rings is 1. The summed E-state index contributed by atoms with van der Waals surface area (Å²) in [6, 6.07) is 10.1. The van der Waals surface area contributed by atoms with E-state index in [2.05, 4.69) is 12.1 Å². The molecule has 1 aromatic heterocycles. The van der Waals surface area contributed by atoms with Crippen molar-refractivity contribution in [2.45, 2.75) is 25.1 Å². The Morgan fingerprint density at radius 1 is 1.36 bits per heavy atom. The monoisotopic (exact) mass is 208 g/mol. The molecule has 0 aliphatic heterocycles. The van der Waals surface area contributed by atoms with E-state index >= 15 is 0 Å². The van der Waals surface area contributed by atoms with Crippen molar-refractivity contribution in [2.75, 3.05) is 0 Å². The van der Waals surface area contributed by atoms with Crippen LogP contribution < -0.4 is 0 Å². The first kappa shape index (κ1) is 9.60. The van der Waals surface area contributed by atoms with Crippen molar-refractivity contribution in [2.24, 2.45) is 0 Å². The normalized spacial score (nSPS) is 13.3. The Hall–Kier alpha value is -0.950. The second-order valence-corrected chi connectivity index (χ2v) is 4.32. The van der Waals surface area contributed by atoms with E-state index in [4.69, 9.17) is 16.0 Å². The molecular formula is C12H13ClO. The number of furan rings is 1. The molecule has 1 unspecified atom stereocenters. The van der Waals surface area contributed by atoms with Crippen LogP contribution in [0.3, 0.4) is 0 Å². The fraction of sp³-hybridized carbons (Fsp3) is 0.333. The van der Waals surface area contributed by atoms with Gasteiger partial charge in [-0.05, 0) is 25.5 Å². The molecule has 1 aromatic carbocycles. The highest BCUT2D eigenvalue weighted by Crippen LogP contribution is 2.20. The third-order valence-corrected chi connectivity index (χ3v) is 2.48. The lowest BCUT2D eigenvalue weighted by atomic mass is 10.2. The number of halogens is 1. The molecule has 2 heteroatoms. The smallest absolute Gasteiger partial charge is 0.134 e. The molecule has 0 saturated carbocycles. The minimum Gasteiger partial charge on any atom is -0.461 e. The molecule has 0 bridgehead atoms. The van der Waals surface area contributed by atoms with E-state index in [-0.39, 0.29) is 5.38 Å². The van der Waals surface area contributed by atoms with Crippen LogP contribution in [-0.4, -0.2) is 5.38 Å². The van der Waals surface area contributed by atoms with E-state index in [1.165, 1.54) is 5.39 Å².